The standard InChI is InChI=1S/C19H24NSi/c21-17-20(15-7-13-18-9-3-1-4-10-18)16-8-14-19-11-5-2-6-12-19/h1-6,9-12H,7-8,13-17H2. The third-order valence-electron chi connectivity index (χ3n) is 3.79. The minimum atomic E-state index is 0.962. The second kappa shape index (κ2) is 9.53. The lowest BCUT2D eigenvalue weighted by molar-refractivity contribution is 0.309. The Morgan fingerprint density at radius 1 is 0.667 bits per heavy atom. The Bertz CT molecular complexity index is 438. The van der Waals surface area contributed by atoms with Crippen LogP contribution in [-0.4, -0.2) is 34.4 Å². The summed E-state index contributed by atoms with van der Waals surface area (Å²) in [6.45, 7) is 2.32. The first-order valence-electron chi connectivity index (χ1n) is 7.83. The van der Waals surface area contributed by atoms with Crippen LogP contribution in [0.1, 0.15) is 24.0 Å². The summed E-state index contributed by atoms with van der Waals surface area (Å²) in [5, 5.41) is 0. The van der Waals surface area contributed by atoms with E-state index in [9.17, 15) is 0 Å². The van der Waals surface area contributed by atoms with E-state index in [0.717, 1.165) is 19.3 Å². The molecule has 21 heavy (non-hydrogen) atoms. The van der Waals surface area contributed by atoms with E-state index in [1.807, 2.05) is 0 Å². The first-order valence-corrected chi connectivity index (χ1v) is 8.54. The molecule has 2 aromatic rings. The van der Waals surface area contributed by atoms with Crippen molar-refractivity contribution in [2.24, 2.45) is 0 Å². The predicted molar refractivity (Wildman–Crippen MR) is 91.7 cm³/mol. The van der Waals surface area contributed by atoms with Crippen LogP contribution in [0.15, 0.2) is 60.7 Å². The SMILES string of the molecule is [Si]CN(CCCc1ccccc1)CCCc1ccccc1. The number of benzene rings is 2. The summed E-state index contributed by atoms with van der Waals surface area (Å²) in [6, 6.07) is 21.5. The van der Waals surface area contributed by atoms with Gasteiger partial charge in [-0.3, -0.25) is 0 Å². The topological polar surface area (TPSA) is 3.24 Å². The Morgan fingerprint density at radius 3 is 1.48 bits per heavy atom. The third kappa shape index (κ3) is 6.28. The fourth-order valence-electron chi connectivity index (χ4n) is 2.57. The molecule has 0 saturated heterocycles. The maximum atomic E-state index is 3.66. The Labute approximate surface area is 132 Å². The Balaban J connectivity index is 1.64. The molecular formula is C19H24NSi. The number of hydrogen-bond acceptors (Lipinski definition) is 1. The molecule has 2 rings (SSSR count). The van der Waals surface area contributed by atoms with Crippen LogP contribution < -0.4 is 0 Å². The molecule has 0 aliphatic rings. The summed E-state index contributed by atoms with van der Waals surface area (Å²) in [6.07, 6.45) is 5.74. The van der Waals surface area contributed by atoms with Gasteiger partial charge in [-0.1, -0.05) is 60.7 Å². The lowest BCUT2D eigenvalue weighted by atomic mass is 10.1. The van der Waals surface area contributed by atoms with Crippen LogP contribution >= 0.6 is 0 Å². The lowest BCUT2D eigenvalue weighted by Crippen LogP contribution is -2.28. The minimum Gasteiger partial charge on any atom is -0.307 e. The summed E-state index contributed by atoms with van der Waals surface area (Å²) >= 11 is 0. The van der Waals surface area contributed by atoms with E-state index in [0.29, 0.717) is 0 Å². The average molecular weight is 294 g/mol. The van der Waals surface area contributed by atoms with Crippen LogP contribution in [0.3, 0.4) is 0 Å². The molecular weight excluding hydrogens is 270 g/mol. The molecule has 0 saturated carbocycles. The van der Waals surface area contributed by atoms with Crippen LogP contribution in [0.2, 0.25) is 0 Å². The van der Waals surface area contributed by atoms with Gasteiger partial charge >= 0.3 is 0 Å². The van der Waals surface area contributed by atoms with Gasteiger partial charge in [-0.15, -0.1) is 0 Å². The molecule has 0 aliphatic carbocycles. The van der Waals surface area contributed by atoms with E-state index < -0.39 is 0 Å². The highest BCUT2D eigenvalue weighted by Gasteiger charge is 2.02. The van der Waals surface area contributed by atoms with Gasteiger partial charge in [0, 0.05) is 10.2 Å². The van der Waals surface area contributed by atoms with Crippen molar-refractivity contribution in [3.05, 3.63) is 71.8 Å². The van der Waals surface area contributed by atoms with Gasteiger partial charge in [0.1, 0.15) is 0 Å². The molecule has 0 amide bonds. The quantitative estimate of drug-likeness (QED) is 0.638. The van der Waals surface area contributed by atoms with Gasteiger partial charge in [-0.05, 0) is 56.1 Å². The molecule has 0 aliphatic heterocycles. The van der Waals surface area contributed by atoms with Crippen molar-refractivity contribution in [2.45, 2.75) is 25.7 Å². The van der Waals surface area contributed by atoms with Gasteiger partial charge in [0.2, 0.25) is 0 Å². The molecule has 2 aromatic carbocycles. The average Bonchev–Trinajstić information content (AvgIpc) is 2.55. The van der Waals surface area contributed by atoms with Crippen molar-refractivity contribution in [3.8, 4) is 0 Å². The summed E-state index contributed by atoms with van der Waals surface area (Å²) in [7, 11) is 3.66. The largest absolute Gasteiger partial charge is 0.307 e. The van der Waals surface area contributed by atoms with E-state index >= 15 is 0 Å². The Kier molecular flexibility index (Phi) is 7.26. The molecule has 0 bridgehead atoms. The van der Waals surface area contributed by atoms with Crippen molar-refractivity contribution in [1.82, 2.24) is 4.90 Å². The van der Waals surface area contributed by atoms with Crippen LogP contribution in [-0.2, 0) is 12.8 Å². The molecule has 0 heterocycles. The highest BCUT2D eigenvalue weighted by Crippen LogP contribution is 2.06. The summed E-state index contributed by atoms with van der Waals surface area (Å²) in [5.41, 5.74) is 2.88. The third-order valence-corrected chi connectivity index (χ3v) is 4.24. The fraction of sp³-hybridized carbons (Fsp3) is 0.368. The molecule has 109 valence electrons. The highest BCUT2D eigenvalue weighted by atomic mass is 28.1. The maximum absolute atomic E-state index is 3.66. The van der Waals surface area contributed by atoms with Gasteiger partial charge in [-0.25, -0.2) is 0 Å². The summed E-state index contributed by atoms with van der Waals surface area (Å²) in [5.74, 6) is 0. The van der Waals surface area contributed by atoms with Crippen LogP contribution in [0.5, 0.6) is 0 Å². The summed E-state index contributed by atoms with van der Waals surface area (Å²) in [4.78, 5) is 2.49. The van der Waals surface area contributed by atoms with E-state index in [-0.39, 0.29) is 0 Å². The van der Waals surface area contributed by atoms with E-state index in [4.69, 9.17) is 0 Å². The van der Waals surface area contributed by atoms with Gasteiger partial charge in [-0.2, -0.15) is 0 Å². The van der Waals surface area contributed by atoms with Crippen molar-refractivity contribution >= 4 is 10.2 Å². The van der Waals surface area contributed by atoms with E-state index in [1.54, 1.807) is 0 Å². The maximum Gasteiger partial charge on any atom is 0.0432 e. The highest BCUT2D eigenvalue weighted by molar-refractivity contribution is 6.08. The van der Waals surface area contributed by atoms with Gasteiger partial charge in [0.15, 0.2) is 0 Å². The predicted octanol–water partition coefficient (Wildman–Crippen LogP) is 3.68. The van der Waals surface area contributed by atoms with Crippen LogP contribution in [0.25, 0.3) is 0 Å². The molecule has 0 spiro atoms. The van der Waals surface area contributed by atoms with Crippen molar-refractivity contribution in [3.63, 3.8) is 0 Å². The molecule has 0 N–H and O–H groups in total. The van der Waals surface area contributed by atoms with E-state index in [1.165, 1.54) is 36.8 Å². The van der Waals surface area contributed by atoms with Gasteiger partial charge in [0.05, 0.1) is 0 Å². The second-order valence-corrected chi connectivity index (χ2v) is 5.77. The molecule has 2 heteroatoms. The van der Waals surface area contributed by atoms with Crippen molar-refractivity contribution in [1.29, 1.82) is 0 Å². The number of rotatable bonds is 9. The molecule has 0 atom stereocenters. The zero-order chi connectivity index (χ0) is 14.8. The van der Waals surface area contributed by atoms with Gasteiger partial charge in [0.25, 0.3) is 0 Å². The van der Waals surface area contributed by atoms with Gasteiger partial charge < -0.3 is 4.90 Å². The second-order valence-electron chi connectivity index (χ2n) is 5.45. The molecule has 1 nitrogen and oxygen atoms in total. The van der Waals surface area contributed by atoms with Crippen molar-refractivity contribution < 1.29 is 0 Å². The molecule has 0 fully saturated rings. The summed E-state index contributed by atoms with van der Waals surface area (Å²) < 4.78 is 0. The normalized spacial score (nSPS) is 11.0. The zero-order valence-electron chi connectivity index (χ0n) is 12.7. The van der Waals surface area contributed by atoms with Crippen molar-refractivity contribution in [2.75, 3.05) is 19.3 Å². The first kappa shape index (κ1) is 16.0. The monoisotopic (exact) mass is 294 g/mol. The zero-order valence-corrected chi connectivity index (χ0v) is 13.7. The molecule has 0 unspecified atom stereocenters. The Morgan fingerprint density at radius 2 is 1.10 bits per heavy atom. The molecule has 0 aromatic heterocycles. The van der Waals surface area contributed by atoms with E-state index in [2.05, 4.69) is 75.8 Å². The number of aryl methyl sites for hydroxylation is 2. The minimum absolute atomic E-state index is 0.962. The van der Waals surface area contributed by atoms with Crippen LogP contribution in [0, 0.1) is 0 Å². The lowest BCUT2D eigenvalue weighted by Gasteiger charge is -2.20. The first-order chi connectivity index (χ1) is 10.4. The fourth-order valence-corrected chi connectivity index (χ4v) is 2.89. The van der Waals surface area contributed by atoms with Crippen LogP contribution in [0.4, 0.5) is 0 Å². The Hall–Kier alpha value is -1.38. The number of nitrogens with zero attached hydrogens (tertiary/aromatic N) is 1. The smallest absolute Gasteiger partial charge is 0.0432 e. The number of hydrogen-bond donors (Lipinski definition) is 0. The molecule has 3 radical (unpaired) electrons.